The molecule has 2 heterocycles. The van der Waals surface area contributed by atoms with Crippen LogP contribution in [0.15, 0.2) is 91.6 Å². The predicted octanol–water partition coefficient (Wildman–Crippen LogP) is 5.78. The molecule has 0 saturated carbocycles. The fourth-order valence-corrected chi connectivity index (χ4v) is 4.21. The summed E-state index contributed by atoms with van der Waals surface area (Å²) in [4.78, 5) is 30.3. The van der Waals surface area contributed by atoms with Crippen LogP contribution in [-0.2, 0) is 9.53 Å². The van der Waals surface area contributed by atoms with Gasteiger partial charge in [-0.3, -0.25) is 4.79 Å². The van der Waals surface area contributed by atoms with Crippen LogP contribution in [0.3, 0.4) is 0 Å². The van der Waals surface area contributed by atoms with E-state index in [1.54, 1.807) is 50.2 Å². The number of esters is 1. The molecule has 2 aromatic heterocycles. The van der Waals surface area contributed by atoms with Crippen molar-refractivity contribution in [3.05, 3.63) is 93.2 Å². The van der Waals surface area contributed by atoms with Gasteiger partial charge in [0, 0.05) is 15.4 Å². The molecule has 0 bridgehead atoms. The predicted molar refractivity (Wildman–Crippen MR) is 145 cm³/mol. The van der Waals surface area contributed by atoms with E-state index in [2.05, 4.69) is 21.0 Å². The number of fused-ring (bicyclic) bond motifs is 2. The van der Waals surface area contributed by atoms with E-state index in [0.717, 1.165) is 9.86 Å². The van der Waals surface area contributed by atoms with Gasteiger partial charge in [0.15, 0.2) is 11.9 Å². The molecule has 0 amide bonds. The lowest BCUT2D eigenvalue weighted by Crippen LogP contribution is -2.26. The Bertz CT molecular complexity index is 1670. The number of carbonyl (C=O) groups excluding carboxylic acids is 1. The van der Waals surface area contributed by atoms with Crippen LogP contribution in [0.25, 0.3) is 33.5 Å². The third-order valence-electron chi connectivity index (χ3n) is 5.61. The van der Waals surface area contributed by atoms with Crippen LogP contribution in [-0.4, -0.2) is 34.6 Å². The van der Waals surface area contributed by atoms with Gasteiger partial charge in [0.1, 0.15) is 11.3 Å². The van der Waals surface area contributed by atoms with E-state index >= 15 is 0 Å². The molecule has 5 rings (SSSR count). The monoisotopic (exact) mass is 559 g/mol. The lowest BCUT2D eigenvalue weighted by Gasteiger charge is -2.15. The lowest BCUT2D eigenvalue weighted by molar-refractivity contribution is -0.150. The van der Waals surface area contributed by atoms with E-state index in [9.17, 15) is 9.59 Å². The van der Waals surface area contributed by atoms with Gasteiger partial charge in [-0.25, -0.2) is 9.78 Å². The van der Waals surface area contributed by atoms with Crippen molar-refractivity contribution in [3.8, 4) is 17.3 Å². The highest BCUT2D eigenvalue weighted by Gasteiger charge is 2.19. The molecule has 0 aliphatic carbocycles. The smallest absolute Gasteiger partial charge is 0.347 e. The maximum Gasteiger partial charge on any atom is 0.347 e. The molecule has 186 valence electrons. The second-order valence-electron chi connectivity index (χ2n) is 8.16. The number of aromatic nitrogens is 2. The number of hydrogen-bond acceptors (Lipinski definition) is 7. The van der Waals surface area contributed by atoms with E-state index in [1.807, 2.05) is 36.4 Å². The summed E-state index contributed by atoms with van der Waals surface area (Å²) in [6.07, 6.45) is 0.659. The molecular formula is C28H22BrN3O5. The summed E-state index contributed by atoms with van der Waals surface area (Å²) in [5.74, 6) is 0.589. The quantitative estimate of drug-likeness (QED) is 0.185. The number of furan rings is 1. The minimum Gasteiger partial charge on any atom is -0.478 e. The first kappa shape index (κ1) is 24.5. The molecule has 0 aliphatic rings. The van der Waals surface area contributed by atoms with Crippen LogP contribution < -0.4 is 10.3 Å². The molecule has 8 nitrogen and oxygen atoms in total. The molecule has 37 heavy (non-hydrogen) atoms. The first-order valence-corrected chi connectivity index (χ1v) is 12.4. The van der Waals surface area contributed by atoms with Gasteiger partial charge in [-0.15, -0.1) is 0 Å². The summed E-state index contributed by atoms with van der Waals surface area (Å²) in [6.45, 7) is 3.60. The number of hydrogen-bond donors (Lipinski definition) is 0. The van der Waals surface area contributed by atoms with Crippen molar-refractivity contribution in [1.82, 2.24) is 9.66 Å². The topological polar surface area (TPSA) is 95.9 Å². The zero-order valence-electron chi connectivity index (χ0n) is 20.1. The van der Waals surface area contributed by atoms with Crippen molar-refractivity contribution in [2.45, 2.75) is 20.0 Å². The van der Waals surface area contributed by atoms with Crippen molar-refractivity contribution < 1.29 is 18.7 Å². The Kier molecular flexibility index (Phi) is 6.87. The van der Waals surface area contributed by atoms with E-state index in [0.29, 0.717) is 33.6 Å². The minimum absolute atomic E-state index is 0.254. The molecule has 5 aromatic rings. The van der Waals surface area contributed by atoms with Crippen molar-refractivity contribution >= 4 is 50.0 Å². The fourth-order valence-electron chi connectivity index (χ4n) is 3.83. The number of benzene rings is 3. The van der Waals surface area contributed by atoms with Crippen LogP contribution in [0.2, 0.25) is 0 Å². The molecule has 3 aromatic carbocycles. The molecule has 0 saturated heterocycles. The van der Waals surface area contributed by atoms with Gasteiger partial charge < -0.3 is 13.9 Å². The number of ether oxygens (including phenoxy) is 2. The van der Waals surface area contributed by atoms with Crippen LogP contribution in [0.1, 0.15) is 19.4 Å². The largest absolute Gasteiger partial charge is 0.478 e. The van der Waals surface area contributed by atoms with Crippen LogP contribution in [0, 0.1) is 0 Å². The van der Waals surface area contributed by atoms with E-state index in [1.165, 1.54) is 10.9 Å². The first-order valence-electron chi connectivity index (χ1n) is 11.6. The summed E-state index contributed by atoms with van der Waals surface area (Å²) in [6, 6.07) is 21.7. The Morgan fingerprint density at radius 2 is 1.92 bits per heavy atom. The highest BCUT2D eigenvalue weighted by molar-refractivity contribution is 9.10. The van der Waals surface area contributed by atoms with Gasteiger partial charge in [-0.05, 0) is 56.3 Å². The van der Waals surface area contributed by atoms with Gasteiger partial charge in [0.05, 0.1) is 23.7 Å². The van der Waals surface area contributed by atoms with Crippen molar-refractivity contribution in [2.75, 3.05) is 6.61 Å². The highest BCUT2D eigenvalue weighted by atomic mass is 79.9. The molecule has 0 radical (unpaired) electrons. The Labute approximate surface area is 220 Å². The number of carbonyl (C=O) groups is 1. The van der Waals surface area contributed by atoms with Crippen molar-refractivity contribution in [3.63, 3.8) is 0 Å². The van der Waals surface area contributed by atoms with Gasteiger partial charge in [0.2, 0.25) is 5.82 Å². The maximum atomic E-state index is 13.5. The Hall–Kier alpha value is -4.24. The first-order chi connectivity index (χ1) is 17.9. The van der Waals surface area contributed by atoms with Crippen LogP contribution in [0.5, 0.6) is 5.75 Å². The number of para-hydroxylation sites is 2. The Balaban J connectivity index is 1.62. The molecule has 0 unspecified atom stereocenters. The highest BCUT2D eigenvalue weighted by Crippen LogP contribution is 2.28. The molecule has 1 atom stereocenters. The molecule has 0 spiro atoms. The standard InChI is InChI=1S/C28H22BrN3O5/c1-3-35-28(34)17(2)36-24-13-12-20(29)14-19(24)16-30-32-26(25-15-18-8-4-7-11-23(18)37-25)31-22-10-6-5-9-21(22)27(32)33/h4-17H,3H2,1-2H3/t17-/m1/s1. The molecule has 0 aliphatic heterocycles. The SMILES string of the molecule is CCOC(=O)[C@@H](C)Oc1ccc(Br)cc1C=Nn1c(-c2cc3ccccc3o2)nc2ccccc2c1=O. The summed E-state index contributed by atoms with van der Waals surface area (Å²) in [5, 5.41) is 5.80. The van der Waals surface area contributed by atoms with E-state index in [-0.39, 0.29) is 18.0 Å². The van der Waals surface area contributed by atoms with Crippen molar-refractivity contribution in [1.29, 1.82) is 0 Å². The lowest BCUT2D eigenvalue weighted by atomic mass is 10.2. The average molecular weight is 560 g/mol. The second kappa shape index (κ2) is 10.4. The minimum atomic E-state index is -0.829. The summed E-state index contributed by atoms with van der Waals surface area (Å²) >= 11 is 3.46. The van der Waals surface area contributed by atoms with Gasteiger partial charge >= 0.3 is 5.97 Å². The zero-order valence-corrected chi connectivity index (χ0v) is 21.6. The number of rotatable bonds is 7. The molecule has 0 fully saturated rings. The normalized spacial score (nSPS) is 12.3. The maximum absolute atomic E-state index is 13.5. The van der Waals surface area contributed by atoms with Crippen LogP contribution >= 0.6 is 15.9 Å². The van der Waals surface area contributed by atoms with Gasteiger partial charge in [-0.1, -0.05) is 46.3 Å². The summed E-state index contributed by atoms with van der Waals surface area (Å²) in [7, 11) is 0. The summed E-state index contributed by atoms with van der Waals surface area (Å²) < 4.78 is 18.9. The van der Waals surface area contributed by atoms with E-state index < -0.39 is 12.1 Å². The Morgan fingerprint density at radius 1 is 1.14 bits per heavy atom. The summed E-state index contributed by atoms with van der Waals surface area (Å²) in [5.41, 5.74) is 1.39. The second-order valence-corrected chi connectivity index (χ2v) is 9.07. The Morgan fingerprint density at radius 3 is 2.73 bits per heavy atom. The number of halogens is 1. The fraction of sp³-hybridized carbons (Fsp3) is 0.143. The van der Waals surface area contributed by atoms with Crippen LogP contribution in [0.4, 0.5) is 0 Å². The third kappa shape index (κ3) is 5.03. The van der Waals surface area contributed by atoms with Gasteiger partial charge in [-0.2, -0.15) is 9.78 Å². The number of nitrogens with zero attached hydrogens (tertiary/aromatic N) is 3. The van der Waals surface area contributed by atoms with Crippen molar-refractivity contribution in [2.24, 2.45) is 5.10 Å². The molecular weight excluding hydrogens is 538 g/mol. The van der Waals surface area contributed by atoms with E-state index in [4.69, 9.17) is 18.9 Å². The molecule has 0 N–H and O–H groups in total. The zero-order chi connectivity index (χ0) is 25.9. The molecule has 9 heteroatoms. The third-order valence-corrected chi connectivity index (χ3v) is 6.10. The van der Waals surface area contributed by atoms with Gasteiger partial charge in [0.25, 0.3) is 5.56 Å². The average Bonchev–Trinajstić information content (AvgIpc) is 3.34.